The van der Waals surface area contributed by atoms with Gasteiger partial charge in [0.05, 0.1) is 0 Å². The summed E-state index contributed by atoms with van der Waals surface area (Å²) in [4.78, 5) is 2.68. The lowest BCUT2D eigenvalue weighted by Gasteiger charge is -2.51. The summed E-state index contributed by atoms with van der Waals surface area (Å²) in [6.45, 7) is 9.75. The summed E-state index contributed by atoms with van der Waals surface area (Å²) in [5, 5.41) is 0. The SMILES string of the molecule is CCC1(CC)CCN(C2(CN)CCOCC2)CC1. The van der Waals surface area contributed by atoms with E-state index < -0.39 is 0 Å². The Morgan fingerprint density at radius 1 is 1.00 bits per heavy atom. The van der Waals surface area contributed by atoms with Gasteiger partial charge < -0.3 is 10.5 Å². The van der Waals surface area contributed by atoms with E-state index in [1.54, 1.807) is 0 Å². The topological polar surface area (TPSA) is 38.5 Å². The third kappa shape index (κ3) is 2.59. The minimum atomic E-state index is 0.242. The molecule has 106 valence electrons. The van der Waals surface area contributed by atoms with Crippen LogP contribution in [0.15, 0.2) is 0 Å². The van der Waals surface area contributed by atoms with Crippen molar-refractivity contribution < 1.29 is 4.74 Å². The van der Waals surface area contributed by atoms with Gasteiger partial charge in [-0.2, -0.15) is 0 Å². The molecule has 2 fully saturated rings. The fourth-order valence-corrected chi connectivity index (χ4v) is 3.81. The van der Waals surface area contributed by atoms with Crippen LogP contribution >= 0.6 is 0 Å². The molecule has 2 rings (SSSR count). The van der Waals surface area contributed by atoms with Crippen molar-refractivity contribution in [1.82, 2.24) is 4.90 Å². The third-order valence-corrected chi connectivity index (χ3v) is 5.80. The zero-order valence-electron chi connectivity index (χ0n) is 12.2. The molecule has 0 atom stereocenters. The summed E-state index contributed by atoms with van der Waals surface area (Å²) in [5.41, 5.74) is 6.96. The lowest BCUT2D eigenvalue weighted by molar-refractivity contribution is -0.0505. The molecule has 0 aromatic rings. The normalized spacial score (nSPS) is 28.2. The first-order chi connectivity index (χ1) is 8.70. The number of likely N-dealkylation sites (tertiary alicyclic amines) is 1. The van der Waals surface area contributed by atoms with Crippen molar-refractivity contribution in [3.05, 3.63) is 0 Å². The molecule has 2 saturated heterocycles. The molecule has 3 heteroatoms. The maximum Gasteiger partial charge on any atom is 0.0484 e. The van der Waals surface area contributed by atoms with E-state index in [0.29, 0.717) is 5.41 Å². The minimum Gasteiger partial charge on any atom is -0.381 e. The molecule has 2 aliphatic rings. The predicted octanol–water partition coefficient (Wildman–Crippen LogP) is 2.40. The molecule has 18 heavy (non-hydrogen) atoms. The van der Waals surface area contributed by atoms with Gasteiger partial charge >= 0.3 is 0 Å². The van der Waals surface area contributed by atoms with Crippen LogP contribution in [0.1, 0.15) is 52.4 Å². The Bertz CT molecular complexity index is 247. The van der Waals surface area contributed by atoms with Gasteiger partial charge in [0.2, 0.25) is 0 Å². The maximum absolute atomic E-state index is 6.10. The van der Waals surface area contributed by atoms with Gasteiger partial charge in [0.1, 0.15) is 0 Å². The Hall–Kier alpha value is -0.120. The van der Waals surface area contributed by atoms with Gasteiger partial charge in [-0.3, -0.25) is 4.90 Å². The van der Waals surface area contributed by atoms with Crippen molar-refractivity contribution in [3.8, 4) is 0 Å². The van der Waals surface area contributed by atoms with Gasteiger partial charge in [-0.15, -0.1) is 0 Å². The number of piperidine rings is 1. The lowest BCUT2D eigenvalue weighted by Crippen LogP contribution is -2.59. The molecular formula is C15H30N2O. The van der Waals surface area contributed by atoms with Crippen molar-refractivity contribution in [1.29, 1.82) is 0 Å². The number of hydrogen-bond donors (Lipinski definition) is 1. The van der Waals surface area contributed by atoms with E-state index in [1.807, 2.05) is 0 Å². The maximum atomic E-state index is 6.10. The molecule has 0 amide bonds. The van der Waals surface area contributed by atoms with Crippen LogP contribution in [-0.4, -0.2) is 43.3 Å². The second kappa shape index (κ2) is 5.89. The van der Waals surface area contributed by atoms with Gasteiger partial charge in [0.15, 0.2) is 0 Å². The molecule has 0 aliphatic carbocycles. The largest absolute Gasteiger partial charge is 0.381 e. The van der Waals surface area contributed by atoms with Crippen molar-refractivity contribution in [2.45, 2.75) is 57.9 Å². The highest BCUT2D eigenvalue weighted by Gasteiger charge is 2.41. The van der Waals surface area contributed by atoms with Gasteiger partial charge in [0, 0.05) is 25.3 Å². The van der Waals surface area contributed by atoms with Gasteiger partial charge in [0.25, 0.3) is 0 Å². The number of nitrogens with zero attached hydrogens (tertiary/aromatic N) is 1. The fourth-order valence-electron chi connectivity index (χ4n) is 3.81. The molecule has 3 nitrogen and oxygen atoms in total. The fraction of sp³-hybridized carbons (Fsp3) is 1.00. The predicted molar refractivity (Wildman–Crippen MR) is 75.7 cm³/mol. The highest BCUT2D eigenvalue weighted by atomic mass is 16.5. The molecule has 0 spiro atoms. The molecule has 0 bridgehead atoms. The second-order valence-electron chi connectivity index (χ2n) is 6.23. The van der Waals surface area contributed by atoms with Crippen LogP contribution in [0.5, 0.6) is 0 Å². The smallest absolute Gasteiger partial charge is 0.0484 e. The van der Waals surface area contributed by atoms with E-state index in [2.05, 4.69) is 18.7 Å². The van der Waals surface area contributed by atoms with E-state index >= 15 is 0 Å². The van der Waals surface area contributed by atoms with E-state index in [9.17, 15) is 0 Å². The first-order valence-electron chi connectivity index (χ1n) is 7.73. The Labute approximate surface area is 112 Å². The van der Waals surface area contributed by atoms with Crippen LogP contribution in [0.2, 0.25) is 0 Å². The minimum absolute atomic E-state index is 0.242. The second-order valence-corrected chi connectivity index (χ2v) is 6.23. The Kier molecular flexibility index (Phi) is 4.68. The van der Waals surface area contributed by atoms with Crippen LogP contribution in [-0.2, 0) is 4.74 Å². The summed E-state index contributed by atoms with van der Waals surface area (Å²) >= 11 is 0. The van der Waals surface area contributed by atoms with Gasteiger partial charge in [-0.1, -0.05) is 26.7 Å². The average Bonchev–Trinajstić information content (AvgIpc) is 2.48. The van der Waals surface area contributed by atoms with E-state index in [0.717, 1.165) is 32.6 Å². The monoisotopic (exact) mass is 254 g/mol. The van der Waals surface area contributed by atoms with Gasteiger partial charge in [-0.25, -0.2) is 0 Å². The number of rotatable bonds is 4. The summed E-state index contributed by atoms with van der Waals surface area (Å²) < 4.78 is 5.52. The van der Waals surface area contributed by atoms with Crippen LogP contribution in [0.4, 0.5) is 0 Å². The molecule has 0 radical (unpaired) electrons. The van der Waals surface area contributed by atoms with Crippen LogP contribution in [0.3, 0.4) is 0 Å². The van der Waals surface area contributed by atoms with Gasteiger partial charge in [-0.05, 0) is 44.2 Å². The van der Waals surface area contributed by atoms with Crippen LogP contribution in [0.25, 0.3) is 0 Å². The van der Waals surface area contributed by atoms with Crippen molar-refractivity contribution in [2.24, 2.45) is 11.1 Å². The zero-order chi connectivity index (χ0) is 13.1. The van der Waals surface area contributed by atoms with Crippen molar-refractivity contribution >= 4 is 0 Å². The molecule has 0 saturated carbocycles. The zero-order valence-corrected chi connectivity index (χ0v) is 12.2. The van der Waals surface area contributed by atoms with E-state index in [4.69, 9.17) is 10.5 Å². The molecule has 0 aromatic carbocycles. The highest BCUT2D eigenvalue weighted by Crippen LogP contribution is 2.41. The molecular weight excluding hydrogens is 224 g/mol. The first kappa shape index (κ1) is 14.3. The summed E-state index contributed by atoms with van der Waals surface area (Å²) in [6, 6.07) is 0. The summed E-state index contributed by atoms with van der Waals surface area (Å²) in [6.07, 6.45) is 7.60. The Morgan fingerprint density at radius 2 is 1.56 bits per heavy atom. The van der Waals surface area contributed by atoms with Crippen LogP contribution < -0.4 is 5.73 Å². The third-order valence-electron chi connectivity index (χ3n) is 5.80. The van der Waals surface area contributed by atoms with Crippen LogP contribution in [0, 0.1) is 5.41 Å². The molecule has 2 N–H and O–H groups in total. The molecule has 0 unspecified atom stereocenters. The van der Waals surface area contributed by atoms with E-state index in [1.165, 1.54) is 38.8 Å². The lowest BCUT2D eigenvalue weighted by atomic mass is 9.72. The summed E-state index contributed by atoms with van der Waals surface area (Å²) in [5.74, 6) is 0. The Balaban J connectivity index is 1.99. The first-order valence-corrected chi connectivity index (χ1v) is 7.73. The quantitative estimate of drug-likeness (QED) is 0.837. The molecule has 2 heterocycles. The van der Waals surface area contributed by atoms with Crippen molar-refractivity contribution in [2.75, 3.05) is 32.8 Å². The number of ether oxygens (including phenoxy) is 1. The summed E-state index contributed by atoms with van der Waals surface area (Å²) in [7, 11) is 0. The standard InChI is InChI=1S/C15H30N2O/c1-3-14(4-2)5-9-17(10-6-14)15(13-16)7-11-18-12-8-15/h3-13,16H2,1-2H3. The number of hydrogen-bond acceptors (Lipinski definition) is 3. The van der Waals surface area contributed by atoms with E-state index in [-0.39, 0.29) is 5.54 Å². The highest BCUT2D eigenvalue weighted by molar-refractivity contribution is 4.97. The molecule has 2 aliphatic heterocycles. The average molecular weight is 254 g/mol. The van der Waals surface area contributed by atoms with Crippen molar-refractivity contribution in [3.63, 3.8) is 0 Å². The Morgan fingerprint density at radius 3 is 2.00 bits per heavy atom. The number of nitrogens with two attached hydrogens (primary N) is 1. The molecule has 0 aromatic heterocycles.